The molecule has 36 heavy (non-hydrogen) atoms. The number of carboxylic acid groups (broad SMARTS) is 1. The summed E-state index contributed by atoms with van der Waals surface area (Å²) in [5.74, 6) is -3.29. The number of rotatable bonds is 6. The summed E-state index contributed by atoms with van der Waals surface area (Å²) in [5, 5.41) is 11.2. The van der Waals surface area contributed by atoms with Gasteiger partial charge in [0, 0.05) is 0 Å². The highest BCUT2D eigenvalue weighted by atomic mass is 35.5. The largest absolute Gasteiger partial charge is 0.486 e. The number of hydrogen-bond donors (Lipinski definition) is 2. The van der Waals surface area contributed by atoms with Crippen molar-refractivity contribution in [2.75, 3.05) is 4.90 Å². The minimum absolute atomic E-state index is 0.0510. The number of hydrogen-bond acceptors (Lipinski definition) is 5. The molecular formula is C25H15Cl2FN2O6. The molecule has 8 nitrogen and oxygen atoms in total. The maximum absolute atomic E-state index is 13.3. The molecule has 3 aromatic rings. The van der Waals surface area contributed by atoms with Gasteiger partial charge in [-0.2, -0.15) is 0 Å². The smallest absolute Gasteiger partial charge is 0.335 e. The lowest BCUT2D eigenvalue weighted by Gasteiger charge is -2.26. The van der Waals surface area contributed by atoms with Gasteiger partial charge in [-0.25, -0.2) is 18.9 Å². The van der Waals surface area contributed by atoms with E-state index < -0.39 is 29.6 Å². The zero-order valence-corrected chi connectivity index (χ0v) is 19.6. The van der Waals surface area contributed by atoms with Crippen molar-refractivity contribution in [1.29, 1.82) is 0 Å². The Labute approximate surface area is 213 Å². The summed E-state index contributed by atoms with van der Waals surface area (Å²) >= 11 is 12.6. The predicted molar refractivity (Wildman–Crippen MR) is 130 cm³/mol. The molecule has 1 saturated heterocycles. The topological polar surface area (TPSA) is 113 Å². The zero-order chi connectivity index (χ0) is 26.0. The molecule has 1 fully saturated rings. The van der Waals surface area contributed by atoms with Gasteiger partial charge in [0.1, 0.15) is 18.0 Å². The maximum Gasteiger partial charge on any atom is 0.335 e. The summed E-state index contributed by atoms with van der Waals surface area (Å²) in [6, 6.07) is 12.5. The third-order valence-electron chi connectivity index (χ3n) is 5.10. The van der Waals surface area contributed by atoms with Crippen LogP contribution >= 0.6 is 23.2 Å². The Hall–Kier alpha value is -4.21. The third kappa shape index (κ3) is 5.22. The Balaban J connectivity index is 1.57. The first-order valence-electron chi connectivity index (χ1n) is 10.2. The fourth-order valence-electron chi connectivity index (χ4n) is 3.35. The lowest BCUT2D eigenvalue weighted by Crippen LogP contribution is -2.54. The van der Waals surface area contributed by atoms with Gasteiger partial charge in [0.15, 0.2) is 5.75 Å². The van der Waals surface area contributed by atoms with Crippen LogP contribution in [0.3, 0.4) is 0 Å². The van der Waals surface area contributed by atoms with Crippen molar-refractivity contribution in [3.63, 3.8) is 0 Å². The van der Waals surface area contributed by atoms with Crippen LogP contribution in [0.5, 0.6) is 5.75 Å². The number of urea groups is 1. The van der Waals surface area contributed by atoms with Crippen LogP contribution in [0.1, 0.15) is 21.5 Å². The Morgan fingerprint density at radius 3 is 2.19 bits per heavy atom. The van der Waals surface area contributed by atoms with E-state index in [1.807, 2.05) is 0 Å². The fraction of sp³-hybridized carbons (Fsp3) is 0.0400. The van der Waals surface area contributed by atoms with Crippen LogP contribution in [0.2, 0.25) is 10.0 Å². The molecule has 0 bridgehead atoms. The Morgan fingerprint density at radius 2 is 1.61 bits per heavy atom. The molecule has 0 saturated carbocycles. The van der Waals surface area contributed by atoms with E-state index in [-0.39, 0.29) is 44.8 Å². The SMILES string of the molecule is O=C1NC(=O)N(c2ccc(F)cc2)C(=O)C1=Cc1cc(Cl)c(OCc2ccc(C(=O)O)cc2)c(Cl)c1. The number of ether oxygens (including phenoxy) is 1. The van der Waals surface area contributed by atoms with Gasteiger partial charge in [-0.1, -0.05) is 35.3 Å². The van der Waals surface area contributed by atoms with E-state index in [9.17, 15) is 23.6 Å². The second kappa shape index (κ2) is 10.2. The number of barbiturate groups is 1. The number of imide groups is 2. The molecule has 1 aliphatic heterocycles. The number of carbonyl (C=O) groups is 4. The Morgan fingerprint density at radius 1 is 1.00 bits per heavy atom. The molecule has 0 aliphatic carbocycles. The molecule has 0 unspecified atom stereocenters. The van der Waals surface area contributed by atoms with Crippen LogP contribution in [0.15, 0.2) is 66.2 Å². The molecule has 0 atom stereocenters. The van der Waals surface area contributed by atoms with Crippen LogP contribution in [0.25, 0.3) is 6.08 Å². The number of halogens is 3. The van der Waals surface area contributed by atoms with Crippen LogP contribution < -0.4 is 15.0 Å². The van der Waals surface area contributed by atoms with E-state index in [2.05, 4.69) is 5.32 Å². The molecule has 0 aromatic heterocycles. The second-order valence-corrected chi connectivity index (χ2v) is 8.35. The average Bonchev–Trinajstić information content (AvgIpc) is 2.82. The van der Waals surface area contributed by atoms with Crippen molar-refractivity contribution in [1.82, 2.24) is 5.32 Å². The van der Waals surface area contributed by atoms with Crippen molar-refractivity contribution in [3.05, 3.63) is 98.8 Å². The minimum atomic E-state index is -1.05. The molecule has 3 aromatic carbocycles. The monoisotopic (exact) mass is 528 g/mol. The van der Waals surface area contributed by atoms with Gasteiger partial charge >= 0.3 is 12.0 Å². The third-order valence-corrected chi connectivity index (χ3v) is 5.66. The van der Waals surface area contributed by atoms with Crippen LogP contribution in [-0.2, 0) is 16.2 Å². The van der Waals surface area contributed by atoms with Gasteiger partial charge in [0.05, 0.1) is 21.3 Å². The van der Waals surface area contributed by atoms with Gasteiger partial charge in [-0.05, 0) is 65.7 Å². The lowest BCUT2D eigenvalue weighted by atomic mass is 10.1. The molecule has 1 aliphatic rings. The van der Waals surface area contributed by atoms with E-state index in [1.165, 1.54) is 42.5 Å². The Kier molecular flexibility index (Phi) is 7.05. The van der Waals surface area contributed by atoms with E-state index in [0.717, 1.165) is 12.1 Å². The average molecular weight is 529 g/mol. The normalized spacial score (nSPS) is 14.7. The van der Waals surface area contributed by atoms with Crippen LogP contribution in [0.4, 0.5) is 14.9 Å². The number of nitrogens with one attached hydrogen (secondary N) is 1. The van der Waals surface area contributed by atoms with E-state index >= 15 is 0 Å². The molecular weight excluding hydrogens is 514 g/mol. The summed E-state index contributed by atoms with van der Waals surface area (Å²) in [7, 11) is 0. The molecule has 182 valence electrons. The highest BCUT2D eigenvalue weighted by Crippen LogP contribution is 2.36. The molecule has 0 radical (unpaired) electrons. The fourth-order valence-corrected chi connectivity index (χ4v) is 3.96. The van der Waals surface area contributed by atoms with Crippen molar-refractivity contribution < 1.29 is 33.4 Å². The molecule has 0 spiro atoms. The Bertz CT molecular complexity index is 1400. The predicted octanol–water partition coefficient (Wildman–Crippen LogP) is 5.08. The van der Waals surface area contributed by atoms with E-state index in [0.29, 0.717) is 10.5 Å². The summed E-state index contributed by atoms with van der Waals surface area (Å²) in [6.45, 7) is 0.0510. The first-order valence-corrected chi connectivity index (χ1v) is 11.0. The second-order valence-electron chi connectivity index (χ2n) is 7.54. The first-order chi connectivity index (χ1) is 17.1. The van der Waals surface area contributed by atoms with Crippen LogP contribution in [-0.4, -0.2) is 28.9 Å². The lowest BCUT2D eigenvalue weighted by molar-refractivity contribution is -0.122. The molecule has 4 amide bonds. The van der Waals surface area contributed by atoms with Crippen molar-refractivity contribution in [2.45, 2.75) is 6.61 Å². The molecule has 4 rings (SSSR count). The van der Waals surface area contributed by atoms with Gasteiger partial charge in [0.2, 0.25) is 0 Å². The standard InChI is InChI=1S/C25H15Cl2FN2O6/c26-19-10-14(11-20(27)21(19)36-12-13-1-3-15(4-2-13)24(33)34)9-18-22(31)29-25(35)30(23(18)32)17-7-5-16(28)6-8-17/h1-11H,12H2,(H,33,34)(H,29,31,35). The van der Waals surface area contributed by atoms with Gasteiger partial charge in [-0.3, -0.25) is 14.9 Å². The minimum Gasteiger partial charge on any atom is -0.486 e. The number of carboxylic acids is 1. The number of amides is 4. The molecule has 11 heteroatoms. The number of nitrogens with zero attached hydrogens (tertiary/aromatic N) is 1. The molecule has 2 N–H and O–H groups in total. The summed E-state index contributed by atoms with van der Waals surface area (Å²) < 4.78 is 18.9. The zero-order valence-electron chi connectivity index (χ0n) is 18.1. The van der Waals surface area contributed by atoms with Crippen molar-refractivity contribution in [2.24, 2.45) is 0 Å². The number of aromatic carboxylic acids is 1. The van der Waals surface area contributed by atoms with Gasteiger partial charge < -0.3 is 9.84 Å². The van der Waals surface area contributed by atoms with Crippen molar-refractivity contribution in [3.8, 4) is 5.75 Å². The summed E-state index contributed by atoms with van der Waals surface area (Å²) in [5.41, 5.74) is 0.809. The van der Waals surface area contributed by atoms with Gasteiger partial charge in [-0.15, -0.1) is 0 Å². The van der Waals surface area contributed by atoms with Gasteiger partial charge in [0.25, 0.3) is 11.8 Å². The summed E-state index contributed by atoms with van der Waals surface area (Å²) in [6.07, 6.45) is 1.22. The van der Waals surface area contributed by atoms with Crippen LogP contribution in [0, 0.1) is 5.82 Å². The number of carbonyl (C=O) groups excluding carboxylic acids is 3. The quantitative estimate of drug-likeness (QED) is 0.341. The highest BCUT2D eigenvalue weighted by molar-refractivity contribution is 6.40. The number of anilines is 1. The first kappa shape index (κ1) is 24.9. The maximum atomic E-state index is 13.3. The van der Waals surface area contributed by atoms with Crippen molar-refractivity contribution >= 4 is 58.8 Å². The highest BCUT2D eigenvalue weighted by Gasteiger charge is 2.36. The summed E-state index contributed by atoms with van der Waals surface area (Å²) in [4.78, 5) is 49.3. The van der Waals surface area contributed by atoms with E-state index in [1.54, 1.807) is 12.1 Å². The molecule has 1 heterocycles. The number of benzene rings is 3. The van der Waals surface area contributed by atoms with E-state index in [4.69, 9.17) is 33.0 Å².